The average Bonchev–Trinajstić information content (AvgIpc) is 2.56. The van der Waals surface area contributed by atoms with Crippen LogP contribution in [0, 0.1) is 17.2 Å². The maximum Gasteiger partial charge on any atom is 0.253 e. The van der Waals surface area contributed by atoms with Crippen LogP contribution in [0.3, 0.4) is 0 Å². The van der Waals surface area contributed by atoms with Gasteiger partial charge in [-0.3, -0.25) is 4.79 Å². The quantitative estimate of drug-likeness (QED) is 0.410. The fourth-order valence-corrected chi connectivity index (χ4v) is 2.50. The molecule has 5 N–H and O–H groups in total. The first-order chi connectivity index (χ1) is 11.1. The number of carbonyl (C=O) groups excluding carboxylic acids is 1. The van der Waals surface area contributed by atoms with Crippen molar-refractivity contribution in [3.63, 3.8) is 0 Å². The highest BCUT2D eigenvalue weighted by Crippen LogP contribution is 2.23. The lowest BCUT2D eigenvalue weighted by Crippen LogP contribution is -2.37. The Morgan fingerprint density at radius 1 is 1.39 bits per heavy atom. The van der Waals surface area contributed by atoms with Crippen molar-refractivity contribution in [2.45, 2.75) is 31.7 Å². The van der Waals surface area contributed by atoms with Crippen LogP contribution in [0.4, 0.5) is 5.69 Å². The van der Waals surface area contributed by atoms with E-state index in [1.54, 1.807) is 6.07 Å². The highest BCUT2D eigenvalue weighted by atomic mass is 16.1. The van der Waals surface area contributed by atoms with E-state index >= 15 is 0 Å². The molecule has 8 heteroatoms. The largest absolute Gasteiger partial charge is 0.386 e. The van der Waals surface area contributed by atoms with Crippen LogP contribution in [0.15, 0.2) is 35.2 Å². The average molecular weight is 313 g/mol. The van der Waals surface area contributed by atoms with Gasteiger partial charge in [-0.15, -0.1) is 0 Å². The summed E-state index contributed by atoms with van der Waals surface area (Å²) >= 11 is 0. The van der Waals surface area contributed by atoms with E-state index in [-0.39, 0.29) is 23.4 Å². The molecule has 0 aliphatic heterocycles. The molecule has 2 atom stereocenters. The molecule has 1 saturated carbocycles. The predicted octanol–water partition coefficient (Wildman–Crippen LogP) is 0.506. The molecule has 0 bridgehead atoms. The normalized spacial score (nSPS) is 22.2. The molecule has 0 saturated heterocycles. The zero-order valence-electron chi connectivity index (χ0n) is 12.6. The minimum Gasteiger partial charge on any atom is -0.386 e. The molecule has 0 radical (unpaired) electrons. The van der Waals surface area contributed by atoms with E-state index in [0.29, 0.717) is 5.69 Å². The molecule has 1 fully saturated rings. The molecular formula is C15H19N7O. The molecule has 0 aromatic carbocycles. The predicted molar refractivity (Wildman–Crippen MR) is 85.1 cm³/mol. The van der Waals surface area contributed by atoms with Crippen LogP contribution in [-0.4, -0.2) is 28.0 Å². The minimum atomic E-state index is -0.690. The Labute approximate surface area is 134 Å². The number of aliphatic imine (C=N–C) groups is 1. The van der Waals surface area contributed by atoms with E-state index in [2.05, 4.69) is 26.6 Å². The fraction of sp³-hybridized carbons (Fsp3) is 0.400. The number of hydrogen-bond donors (Lipinski definition) is 3. The van der Waals surface area contributed by atoms with Gasteiger partial charge in [0.25, 0.3) is 5.91 Å². The van der Waals surface area contributed by atoms with Crippen LogP contribution >= 0.6 is 0 Å². The lowest BCUT2D eigenvalue weighted by Gasteiger charge is -2.27. The van der Waals surface area contributed by atoms with Gasteiger partial charge in [0, 0.05) is 12.2 Å². The first kappa shape index (κ1) is 16.4. The van der Waals surface area contributed by atoms with Gasteiger partial charge in [0.15, 0.2) is 0 Å². The van der Waals surface area contributed by atoms with Gasteiger partial charge < -0.3 is 16.8 Å². The third kappa shape index (κ3) is 4.51. The lowest BCUT2D eigenvalue weighted by molar-refractivity contribution is -0.114. The van der Waals surface area contributed by atoms with Crippen LogP contribution in [0.1, 0.15) is 25.7 Å². The van der Waals surface area contributed by atoms with Gasteiger partial charge in [-0.1, -0.05) is 12.8 Å². The van der Waals surface area contributed by atoms with E-state index in [4.69, 9.17) is 11.5 Å². The van der Waals surface area contributed by atoms with E-state index in [1.807, 2.05) is 0 Å². The number of nitrogens with one attached hydrogen (secondary N) is 1. The standard InChI is InChI=1S/C15H19N7O/c16-7-10-3-1-2-4-13(10)19-9-12(15(18)23)14(17)22-11-5-6-20-21-8-11/h5-6,8-10,13,19H,1-4H2,(H2,18,23)(H2,17,20,22)/b12-9+/t10-,13+/m1/s1. The maximum atomic E-state index is 11.6. The van der Waals surface area contributed by atoms with Crippen LogP contribution in [-0.2, 0) is 4.79 Å². The number of amidine groups is 1. The second-order valence-electron chi connectivity index (χ2n) is 5.31. The summed E-state index contributed by atoms with van der Waals surface area (Å²) in [5.74, 6) is -0.788. The van der Waals surface area contributed by atoms with Crippen molar-refractivity contribution in [1.82, 2.24) is 15.5 Å². The summed E-state index contributed by atoms with van der Waals surface area (Å²) in [4.78, 5) is 15.7. The van der Waals surface area contributed by atoms with Gasteiger partial charge >= 0.3 is 0 Å². The number of hydrogen-bond acceptors (Lipinski definition) is 6. The Balaban J connectivity index is 2.16. The second kappa shape index (κ2) is 7.89. The molecule has 1 aromatic heterocycles. The van der Waals surface area contributed by atoms with Crippen molar-refractivity contribution < 1.29 is 4.79 Å². The molecular weight excluding hydrogens is 294 g/mol. The van der Waals surface area contributed by atoms with E-state index < -0.39 is 5.91 Å². The van der Waals surface area contributed by atoms with Crippen LogP contribution in [0.5, 0.6) is 0 Å². The molecule has 8 nitrogen and oxygen atoms in total. The van der Waals surface area contributed by atoms with Crippen molar-refractivity contribution in [3.8, 4) is 6.07 Å². The smallest absolute Gasteiger partial charge is 0.253 e. The molecule has 23 heavy (non-hydrogen) atoms. The molecule has 1 heterocycles. The van der Waals surface area contributed by atoms with Crippen molar-refractivity contribution >= 4 is 17.4 Å². The van der Waals surface area contributed by atoms with E-state index in [9.17, 15) is 10.1 Å². The van der Waals surface area contributed by atoms with Crippen LogP contribution in [0.25, 0.3) is 0 Å². The Hall–Kier alpha value is -2.95. The summed E-state index contributed by atoms with van der Waals surface area (Å²) in [5, 5.41) is 19.6. The Kier molecular flexibility index (Phi) is 5.63. The van der Waals surface area contributed by atoms with Crippen molar-refractivity contribution in [2.24, 2.45) is 22.4 Å². The number of nitrogens with two attached hydrogens (primary N) is 2. The van der Waals surface area contributed by atoms with Gasteiger partial charge in [0.05, 0.1) is 35.6 Å². The molecule has 0 spiro atoms. The third-order valence-corrected chi connectivity index (χ3v) is 3.73. The number of amides is 1. The SMILES string of the molecule is N#C[C@H]1CCCC[C@@H]1N/C=C(/C(N)=O)C(N)=Nc1ccnnc1. The van der Waals surface area contributed by atoms with Crippen molar-refractivity contribution in [2.75, 3.05) is 0 Å². The maximum absolute atomic E-state index is 11.6. The topological polar surface area (TPSA) is 143 Å². The fourth-order valence-electron chi connectivity index (χ4n) is 2.50. The molecule has 1 amide bonds. The molecule has 1 aliphatic rings. The summed E-state index contributed by atoms with van der Waals surface area (Å²) < 4.78 is 0. The van der Waals surface area contributed by atoms with Crippen molar-refractivity contribution in [3.05, 3.63) is 30.2 Å². The van der Waals surface area contributed by atoms with Gasteiger partial charge in [0.2, 0.25) is 0 Å². The van der Waals surface area contributed by atoms with Gasteiger partial charge in [-0.2, -0.15) is 15.5 Å². The summed E-state index contributed by atoms with van der Waals surface area (Å²) in [7, 11) is 0. The van der Waals surface area contributed by atoms with Gasteiger partial charge in [-0.25, -0.2) is 4.99 Å². The molecule has 1 aliphatic carbocycles. The van der Waals surface area contributed by atoms with Crippen LogP contribution in [0.2, 0.25) is 0 Å². The Morgan fingerprint density at radius 3 is 2.83 bits per heavy atom. The molecule has 1 aromatic rings. The lowest BCUT2D eigenvalue weighted by atomic mass is 9.85. The summed E-state index contributed by atoms with van der Waals surface area (Å²) in [6.07, 6.45) is 8.15. The second-order valence-corrected chi connectivity index (χ2v) is 5.31. The Bertz CT molecular complexity index is 648. The third-order valence-electron chi connectivity index (χ3n) is 3.73. The Morgan fingerprint density at radius 2 is 2.17 bits per heavy atom. The molecule has 0 unspecified atom stereocenters. The minimum absolute atomic E-state index is 0.0117. The number of aromatic nitrogens is 2. The zero-order chi connectivity index (χ0) is 16.7. The summed E-state index contributed by atoms with van der Waals surface area (Å²) in [5.41, 5.74) is 11.8. The number of rotatable bonds is 5. The monoisotopic (exact) mass is 313 g/mol. The number of nitriles is 1. The number of carbonyl (C=O) groups is 1. The van der Waals surface area contributed by atoms with Crippen LogP contribution < -0.4 is 16.8 Å². The first-order valence-electron chi connectivity index (χ1n) is 7.38. The number of nitrogens with zero attached hydrogens (tertiary/aromatic N) is 4. The number of primary amides is 1. The molecule has 120 valence electrons. The summed E-state index contributed by atoms with van der Waals surface area (Å²) in [6, 6.07) is 3.89. The van der Waals surface area contributed by atoms with E-state index in [0.717, 1.165) is 25.7 Å². The first-order valence-corrected chi connectivity index (χ1v) is 7.38. The highest BCUT2D eigenvalue weighted by Gasteiger charge is 2.24. The van der Waals surface area contributed by atoms with Gasteiger partial charge in [0.1, 0.15) is 5.84 Å². The highest BCUT2D eigenvalue weighted by molar-refractivity contribution is 6.20. The van der Waals surface area contributed by atoms with Crippen molar-refractivity contribution in [1.29, 1.82) is 5.26 Å². The van der Waals surface area contributed by atoms with Gasteiger partial charge in [-0.05, 0) is 18.9 Å². The summed E-state index contributed by atoms with van der Waals surface area (Å²) in [6.45, 7) is 0. The molecule has 2 rings (SSSR count). The van der Waals surface area contributed by atoms with E-state index in [1.165, 1.54) is 18.6 Å². The zero-order valence-corrected chi connectivity index (χ0v) is 12.6.